The van der Waals surface area contributed by atoms with Crippen molar-refractivity contribution in [1.29, 1.82) is 0 Å². The van der Waals surface area contributed by atoms with Crippen LogP contribution in [-0.2, 0) is 6.42 Å². The molecule has 0 spiro atoms. The lowest BCUT2D eigenvalue weighted by Gasteiger charge is -2.33. The number of aliphatic imine (C=N–C) groups is 1. The molecule has 1 heterocycles. The van der Waals surface area contributed by atoms with Gasteiger partial charge in [-0.1, -0.05) is 19.1 Å². The van der Waals surface area contributed by atoms with Crippen LogP contribution in [0.2, 0.25) is 0 Å². The van der Waals surface area contributed by atoms with Gasteiger partial charge in [0.05, 0.1) is 0 Å². The lowest BCUT2D eigenvalue weighted by atomic mass is 10.1. The van der Waals surface area contributed by atoms with Gasteiger partial charge in [0, 0.05) is 45.8 Å². The Hall–Kier alpha value is -1.66. The van der Waals surface area contributed by atoms with Gasteiger partial charge in [0.1, 0.15) is 5.82 Å². The SMILES string of the molecule is CCNC(=NCCCCN1CCN(CC)CC1)NCCc1ccc(F)cc1. The summed E-state index contributed by atoms with van der Waals surface area (Å²) in [6, 6.07) is 6.69. The summed E-state index contributed by atoms with van der Waals surface area (Å²) in [5.41, 5.74) is 1.13. The highest BCUT2D eigenvalue weighted by atomic mass is 19.1. The zero-order valence-corrected chi connectivity index (χ0v) is 17.0. The standard InChI is InChI=1S/C21H36FN5/c1-3-23-21(25-13-11-19-7-9-20(22)10-8-19)24-12-5-6-14-27-17-15-26(4-2)16-18-27/h7-10H,3-6,11-18H2,1-2H3,(H2,23,24,25). The molecule has 1 saturated heterocycles. The lowest BCUT2D eigenvalue weighted by molar-refractivity contribution is 0.136. The first-order valence-corrected chi connectivity index (χ1v) is 10.4. The van der Waals surface area contributed by atoms with Crippen LogP contribution in [-0.4, -0.2) is 74.7 Å². The van der Waals surface area contributed by atoms with E-state index in [4.69, 9.17) is 0 Å². The van der Waals surface area contributed by atoms with E-state index in [2.05, 4.69) is 39.3 Å². The second-order valence-electron chi connectivity index (χ2n) is 7.05. The molecule has 0 aromatic heterocycles. The van der Waals surface area contributed by atoms with E-state index in [-0.39, 0.29) is 5.82 Å². The zero-order valence-electron chi connectivity index (χ0n) is 17.0. The van der Waals surface area contributed by atoms with Gasteiger partial charge in [0.25, 0.3) is 0 Å². The molecule has 2 rings (SSSR count). The van der Waals surface area contributed by atoms with E-state index in [9.17, 15) is 4.39 Å². The fraction of sp³-hybridized carbons (Fsp3) is 0.667. The number of unbranched alkanes of at least 4 members (excludes halogenated alkanes) is 1. The molecule has 0 unspecified atom stereocenters. The molecule has 0 atom stereocenters. The number of guanidine groups is 1. The molecule has 2 N–H and O–H groups in total. The summed E-state index contributed by atoms with van der Waals surface area (Å²) in [5, 5.41) is 6.66. The van der Waals surface area contributed by atoms with E-state index < -0.39 is 0 Å². The predicted molar refractivity (Wildman–Crippen MR) is 112 cm³/mol. The molecule has 1 aromatic rings. The van der Waals surface area contributed by atoms with Crippen molar-refractivity contribution in [2.24, 2.45) is 4.99 Å². The van der Waals surface area contributed by atoms with E-state index in [0.717, 1.165) is 44.0 Å². The Morgan fingerprint density at radius 1 is 1.00 bits per heavy atom. The summed E-state index contributed by atoms with van der Waals surface area (Å²) in [6.45, 7) is 14.0. The van der Waals surface area contributed by atoms with Crippen molar-refractivity contribution in [3.63, 3.8) is 0 Å². The molecule has 0 amide bonds. The Morgan fingerprint density at radius 2 is 1.70 bits per heavy atom. The molecule has 6 heteroatoms. The van der Waals surface area contributed by atoms with Gasteiger partial charge in [-0.3, -0.25) is 4.99 Å². The molecular weight excluding hydrogens is 341 g/mol. The van der Waals surface area contributed by atoms with Crippen LogP contribution in [0.1, 0.15) is 32.3 Å². The van der Waals surface area contributed by atoms with Gasteiger partial charge in [0.15, 0.2) is 5.96 Å². The number of hydrogen-bond acceptors (Lipinski definition) is 3. The van der Waals surface area contributed by atoms with E-state index in [1.165, 1.54) is 57.8 Å². The Morgan fingerprint density at radius 3 is 2.37 bits per heavy atom. The third-order valence-corrected chi connectivity index (χ3v) is 5.03. The fourth-order valence-corrected chi connectivity index (χ4v) is 3.29. The molecule has 152 valence electrons. The number of rotatable bonds is 10. The van der Waals surface area contributed by atoms with Crippen LogP contribution in [0.25, 0.3) is 0 Å². The first-order valence-electron chi connectivity index (χ1n) is 10.4. The van der Waals surface area contributed by atoms with Crippen LogP contribution in [0, 0.1) is 5.82 Å². The van der Waals surface area contributed by atoms with Crippen molar-refractivity contribution in [2.45, 2.75) is 33.1 Å². The van der Waals surface area contributed by atoms with Gasteiger partial charge in [-0.25, -0.2) is 4.39 Å². The second kappa shape index (κ2) is 12.7. The molecule has 1 aliphatic heterocycles. The number of hydrogen-bond donors (Lipinski definition) is 2. The number of nitrogens with one attached hydrogen (secondary N) is 2. The molecule has 1 aliphatic rings. The average Bonchev–Trinajstić information content (AvgIpc) is 2.69. The Kier molecular flexibility index (Phi) is 10.2. The van der Waals surface area contributed by atoms with Crippen LogP contribution >= 0.6 is 0 Å². The van der Waals surface area contributed by atoms with Gasteiger partial charge in [0.2, 0.25) is 0 Å². The Balaban J connectivity index is 1.60. The first kappa shape index (κ1) is 21.6. The number of nitrogens with zero attached hydrogens (tertiary/aromatic N) is 3. The Bertz CT molecular complexity index is 538. The molecule has 0 radical (unpaired) electrons. The lowest BCUT2D eigenvalue weighted by Crippen LogP contribution is -2.46. The van der Waals surface area contributed by atoms with Gasteiger partial charge in [-0.15, -0.1) is 0 Å². The summed E-state index contributed by atoms with van der Waals surface area (Å²) in [7, 11) is 0. The van der Waals surface area contributed by atoms with Gasteiger partial charge in [-0.2, -0.15) is 0 Å². The molecule has 1 fully saturated rings. The van der Waals surface area contributed by atoms with E-state index in [1.54, 1.807) is 0 Å². The minimum absolute atomic E-state index is 0.186. The maximum atomic E-state index is 12.9. The van der Waals surface area contributed by atoms with E-state index >= 15 is 0 Å². The van der Waals surface area contributed by atoms with E-state index in [0.29, 0.717) is 0 Å². The summed E-state index contributed by atoms with van der Waals surface area (Å²) < 4.78 is 12.9. The molecule has 27 heavy (non-hydrogen) atoms. The van der Waals surface area contributed by atoms with Crippen molar-refractivity contribution in [2.75, 3.05) is 58.9 Å². The fourth-order valence-electron chi connectivity index (χ4n) is 3.29. The summed E-state index contributed by atoms with van der Waals surface area (Å²) in [4.78, 5) is 9.76. The van der Waals surface area contributed by atoms with Crippen LogP contribution in [0.3, 0.4) is 0 Å². The van der Waals surface area contributed by atoms with Crippen molar-refractivity contribution in [3.05, 3.63) is 35.6 Å². The monoisotopic (exact) mass is 377 g/mol. The molecule has 0 bridgehead atoms. The van der Waals surface area contributed by atoms with E-state index in [1.807, 2.05) is 12.1 Å². The molecular formula is C21H36FN5. The maximum Gasteiger partial charge on any atom is 0.191 e. The average molecular weight is 378 g/mol. The predicted octanol–water partition coefficient (Wildman–Crippen LogP) is 2.34. The largest absolute Gasteiger partial charge is 0.357 e. The zero-order chi connectivity index (χ0) is 19.3. The van der Waals surface area contributed by atoms with Crippen LogP contribution in [0.5, 0.6) is 0 Å². The van der Waals surface area contributed by atoms with Crippen molar-refractivity contribution >= 4 is 5.96 Å². The second-order valence-corrected chi connectivity index (χ2v) is 7.05. The molecule has 1 aromatic carbocycles. The first-order chi connectivity index (χ1) is 13.2. The van der Waals surface area contributed by atoms with Crippen molar-refractivity contribution < 1.29 is 4.39 Å². The molecule has 0 saturated carbocycles. The topological polar surface area (TPSA) is 42.9 Å². The highest BCUT2D eigenvalue weighted by Gasteiger charge is 2.14. The van der Waals surface area contributed by atoms with Crippen LogP contribution in [0.15, 0.2) is 29.3 Å². The Labute approximate surface area is 164 Å². The van der Waals surface area contributed by atoms with Crippen molar-refractivity contribution in [1.82, 2.24) is 20.4 Å². The van der Waals surface area contributed by atoms with Crippen molar-refractivity contribution in [3.8, 4) is 0 Å². The minimum atomic E-state index is -0.186. The highest BCUT2D eigenvalue weighted by Crippen LogP contribution is 2.04. The smallest absolute Gasteiger partial charge is 0.191 e. The third-order valence-electron chi connectivity index (χ3n) is 5.03. The number of halogens is 1. The highest BCUT2D eigenvalue weighted by molar-refractivity contribution is 5.79. The quantitative estimate of drug-likeness (QED) is 0.373. The minimum Gasteiger partial charge on any atom is -0.357 e. The van der Waals surface area contributed by atoms with Gasteiger partial charge < -0.3 is 20.4 Å². The summed E-state index contributed by atoms with van der Waals surface area (Å²) >= 11 is 0. The number of benzene rings is 1. The van der Waals surface area contributed by atoms with Crippen LogP contribution in [0.4, 0.5) is 4.39 Å². The third kappa shape index (κ3) is 8.71. The molecule has 0 aliphatic carbocycles. The summed E-state index contributed by atoms with van der Waals surface area (Å²) in [6.07, 6.45) is 3.17. The summed E-state index contributed by atoms with van der Waals surface area (Å²) in [5.74, 6) is 0.685. The number of likely N-dealkylation sites (N-methyl/N-ethyl adjacent to an activating group) is 1. The normalized spacial score (nSPS) is 16.5. The number of piperazine rings is 1. The van der Waals surface area contributed by atoms with Crippen LogP contribution < -0.4 is 10.6 Å². The van der Waals surface area contributed by atoms with Gasteiger partial charge in [-0.05, 0) is 57.0 Å². The maximum absolute atomic E-state index is 12.9. The molecule has 5 nitrogen and oxygen atoms in total. The van der Waals surface area contributed by atoms with Gasteiger partial charge >= 0.3 is 0 Å².